The number of amides is 1. The number of anilines is 2. The smallest absolute Gasteiger partial charge is 0.257 e. The van der Waals surface area contributed by atoms with Gasteiger partial charge in [0.15, 0.2) is 0 Å². The van der Waals surface area contributed by atoms with Gasteiger partial charge in [0.2, 0.25) is 0 Å². The van der Waals surface area contributed by atoms with Crippen molar-refractivity contribution < 1.29 is 4.79 Å². The minimum absolute atomic E-state index is 0.168. The summed E-state index contributed by atoms with van der Waals surface area (Å²) < 4.78 is 0. The van der Waals surface area contributed by atoms with Gasteiger partial charge in [-0.05, 0) is 36.9 Å². The second kappa shape index (κ2) is 7.64. The number of carbonyl (C=O) groups is 1. The SMILES string of the molecule is CCN1CCN(c2cncc(C(=O)Nc3ccc(Cl)cc3)c2)CC1. The molecule has 1 aromatic heterocycles. The van der Waals surface area contributed by atoms with Crippen molar-refractivity contribution >= 4 is 28.9 Å². The fourth-order valence-corrected chi connectivity index (χ4v) is 2.91. The Labute approximate surface area is 147 Å². The summed E-state index contributed by atoms with van der Waals surface area (Å²) in [7, 11) is 0. The van der Waals surface area contributed by atoms with Gasteiger partial charge < -0.3 is 15.1 Å². The zero-order valence-electron chi connectivity index (χ0n) is 13.7. The van der Waals surface area contributed by atoms with Gasteiger partial charge in [-0.15, -0.1) is 0 Å². The van der Waals surface area contributed by atoms with E-state index in [1.165, 1.54) is 0 Å². The molecule has 1 N–H and O–H groups in total. The summed E-state index contributed by atoms with van der Waals surface area (Å²) in [5, 5.41) is 3.51. The maximum Gasteiger partial charge on any atom is 0.257 e. The van der Waals surface area contributed by atoms with Crippen molar-refractivity contribution in [3.63, 3.8) is 0 Å². The number of piperazine rings is 1. The van der Waals surface area contributed by atoms with Crippen LogP contribution in [0.4, 0.5) is 11.4 Å². The van der Waals surface area contributed by atoms with Gasteiger partial charge in [-0.25, -0.2) is 0 Å². The lowest BCUT2D eigenvalue weighted by Gasteiger charge is -2.35. The zero-order chi connectivity index (χ0) is 16.9. The van der Waals surface area contributed by atoms with Gasteiger partial charge >= 0.3 is 0 Å². The Morgan fingerprint density at radius 2 is 1.88 bits per heavy atom. The Hall–Kier alpha value is -2.11. The van der Waals surface area contributed by atoms with Crippen LogP contribution in [0.15, 0.2) is 42.7 Å². The van der Waals surface area contributed by atoms with Crippen molar-refractivity contribution in [2.75, 3.05) is 42.9 Å². The molecule has 5 nitrogen and oxygen atoms in total. The average molecular weight is 345 g/mol. The maximum absolute atomic E-state index is 12.4. The Morgan fingerprint density at radius 1 is 1.17 bits per heavy atom. The first kappa shape index (κ1) is 16.7. The van der Waals surface area contributed by atoms with Crippen molar-refractivity contribution in [3.8, 4) is 0 Å². The molecular formula is C18H21ClN4O. The molecular weight excluding hydrogens is 324 g/mol. The topological polar surface area (TPSA) is 48.5 Å². The number of rotatable bonds is 4. The predicted molar refractivity (Wildman–Crippen MR) is 98.0 cm³/mol. The highest BCUT2D eigenvalue weighted by Crippen LogP contribution is 2.18. The molecule has 1 fully saturated rings. The maximum atomic E-state index is 12.4. The molecule has 126 valence electrons. The largest absolute Gasteiger partial charge is 0.368 e. The van der Waals surface area contributed by atoms with Crippen molar-refractivity contribution in [2.24, 2.45) is 0 Å². The summed E-state index contributed by atoms with van der Waals surface area (Å²) in [6, 6.07) is 8.96. The molecule has 1 aliphatic rings. The molecule has 2 heterocycles. The number of aromatic nitrogens is 1. The molecule has 1 amide bonds. The lowest BCUT2D eigenvalue weighted by atomic mass is 10.2. The molecule has 2 aromatic rings. The summed E-state index contributed by atoms with van der Waals surface area (Å²) in [4.78, 5) is 21.4. The first-order valence-corrected chi connectivity index (χ1v) is 8.53. The van der Waals surface area contributed by atoms with E-state index in [2.05, 4.69) is 27.0 Å². The fourth-order valence-electron chi connectivity index (χ4n) is 2.78. The quantitative estimate of drug-likeness (QED) is 0.925. The standard InChI is InChI=1S/C18H21ClN4O/c1-2-22-7-9-23(10-8-22)17-11-14(12-20-13-17)18(24)21-16-5-3-15(19)4-6-16/h3-6,11-13H,2,7-10H2,1H3,(H,21,24). The van der Waals surface area contributed by atoms with Gasteiger partial charge in [0, 0.05) is 43.1 Å². The summed E-state index contributed by atoms with van der Waals surface area (Å²) in [6.07, 6.45) is 3.41. The van der Waals surface area contributed by atoms with Crippen molar-refractivity contribution in [3.05, 3.63) is 53.3 Å². The highest BCUT2D eigenvalue weighted by atomic mass is 35.5. The van der Waals surface area contributed by atoms with E-state index in [-0.39, 0.29) is 5.91 Å². The Balaban J connectivity index is 1.68. The van der Waals surface area contributed by atoms with E-state index in [0.717, 1.165) is 38.4 Å². The van der Waals surface area contributed by atoms with Crippen LogP contribution in [-0.4, -0.2) is 48.5 Å². The van der Waals surface area contributed by atoms with Crippen molar-refractivity contribution in [1.82, 2.24) is 9.88 Å². The highest BCUT2D eigenvalue weighted by Gasteiger charge is 2.17. The molecule has 0 unspecified atom stereocenters. The first-order valence-electron chi connectivity index (χ1n) is 8.15. The molecule has 0 radical (unpaired) electrons. The number of halogens is 1. The van der Waals surface area contributed by atoms with E-state index in [0.29, 0.717) is 16.3 Å². The van der Waals surface area contributed by atoms with Crippen molar-refractivity contribution in [1.29, 1.82) is 0 Å². The molecule has 0 spiro atoms. The van der Waals surface area contributed by atoms with E-state index < -0.39 is 0 Å². The lowest BCUT2D eigenvalue weighted by Crippen LogP contribution is -2.46. The number of nitrogens with zero attached hydrogens (tertiary/aromatic N) is 3. The molecule has 0 aliphatic carbocycles. The number of likely N-dealkylation sites (N-methyl/N-ethyl adjacent to an activating group) is 1. The average Bonchev–Trinajstić information content (AvgIpc) is 2.64. The molecule has 3 rings (SSSR count). The van der Waals surface area contributed by atoms with Crippen molar-refractivity contribution in [2.45, 2.75) is 6.92 Å². The molecule has 0 atom stereocenters. The molecule has 24 heavy (non-hydrogen) atoms. The molecule has 0 saturated carbocycles. The van der Waals surface area contributed by atoms with Crippen LogP contribution < -0.4 is 10.2 Å². The normalized spacial score (nSPS) is 15.3. The van der Waals surface area contributed by atoms with Gasteiger partial charge in [0.1, 0.15) is 0 Å². The summed E-state index contributed by atoms with van der Waals surface area (Å²) in [5.41, 5.74) is 2.27. The third kappa shape index (κ3) is 4.04. The van der Waals surface area contributed by atoms with Gasteiger partial charge in [-0.2, -0.15) is 0 Å². The van der Waals surface area contributed by atoms with Crippen LogP contribution >= 0.6 is 11.6 Å². The van der Waals surface area contributed by atoms with Crippen LogP contribution in [0.25, 0.3) is 0 Å². The van der Waals surface area contributed by atoms with Crippen LogP contribution in [0.2, 0.25) is 5.02 Å². The van der Waals surface area contributed by atoms with Gasteiger partial charge in [0.05, 0.1) is 17.4 Å². The molecule has 1 aliphatic heterocycles. The van der Waals surface area contributed by atoms with E-state index in [1.807, 2.05) is 12.3 Å². The first-order chi connectivity index (χ1) is 11.7. The van der Waals surface area contributed by atoms with Crippen LogP contribution in [0.3, 0.4) is 0 Å². The molecule has 1 saturated heterocycles. The monoisotopic (exact) mass is 344 g/mol. The lowest BCUT2D eigenvalue weighted by molar-refractivity contribution is 0.102. The Morgan fingerprint density at radius 3 is 2.54 bits per heavy atom. The van der Waals surface area contributed by atoms with E-state index in [9.17, 15) is 4.79 Å². The van der Waals surface area contributed by atoms with Gasteiger partial charge in [-0.1, -0.05) is 18.5 Å². The molecule has 1 aromatic carbocycles. The van der Waals surface area contributed by atoms with Gasteiger partial charge in [0.25, 0.3) is 5.91 Å². The van der Waals surface area contributed by atoms with Gasteiger partial charge in [-0.3, -0.25) is 9.78 Å². The van der Waals surface area contributed by atoms with E-state index in [4.69, 9.17) is 11.6 Å². The number of hydrogen-bond acceptors (Lipinski definition) is 4. The number of pyridine rings is 1. The number of carbonyl (C=O) groups excluding carboxylic acids is 1. The highest BCUT2D eigenvalue weighted by molar-refractivity contribution is 6.30. The zero-order valence-corrected chi connectivity index (χ0v) is 14.5. The summed E-state index contributed by atoms with van der Waals surface area (Å²) in [5.74, 6) is -0.168. The molecule has 6 heteroatoms. The minimum atomic E-state index is -0.168. The van der Waals surface area contributed by atoms with Crippen LogP contribution in [0.5, 0.6) is 0 Å². The third-order valence-corrected chi connectivity index (χ3v) is 4.52. The van der Waals surface area contributed by atoms with Crippen LogP contribution in [0, 0.1) is 0 Å². The number of nitrogens with one attached hydrogen (secondary N) is 1. The second-order valence-electron chi connectivity index (χ2n) is 5.81. The van der Waals surface area contributed by atoms with E-state index in [1.54, 1.807) is 30.5 Å². The third-order valence-electron chi connectivity index (χ3n) is 4.27. The fraction of sp³-hybridized carbons (Fsp3) is 0.333. The van der Waals surface area contributed by atoms with Crippen LogP contribution in [0.1, 0.15) is 17.3 Å². The number of benzene rings is 1. The summed E-state index contributed by atoms with van der Waals surface area (Å²) >= 11 is 5.86. The Bertz CT molecular complexity index is 696. The number of hydrogen-bond donors (Lipinski definition) is 1. The Kier molecular flexibility index (Phi) is 5.33. The predicted octanol–water partition coefficient (Wildman–Crippen LogP) is 3.13. The molecule has 0 bridgehead atoms. The summed E-state index contributed by atoms with van der Waals surface area (Å²) in [6.45, 7) is 7.25. The second-order valence-corrected chi connectivity index (χ2v) is 6.25. The van der Waals surface area contributed by atoms with E-state index >= 15 is 0 Å². The minimum Gasteiger partial charge on any atom is -0.368 e. The van der Waals surface area contributed by atoms with Crippen LogP contribution in [-0.2, 0) is 0 Å².